The molecule has 0 unspecified atom stereocenters. The summed E-state index contributed by atoms with van der Waals surface area (Å²) >= 11 is 5.84. The van der Waals surface area contributed by atoms with Gasteiger partial charge in [0.2, 0.25) is 0 Å². The van der Waals surface area contributed by atoms with Gasteiger partial charge in [-0.25, -0.2) is 0 Å². The summed E-state index contributed by atoms with van der Waals surface area (Å²) in [7, 11) is 0. The van der Waals surface area contributed by atoms with Gasteiger partial charge in [0.05, 0.1) is 13.2 Å². The third-order valence-electron chi connectivity index (χ3n) is 3.28. The molecule has 4 heteroatoms. The standard InChI is InChI=1S/C15H21ClO3/c1-2-18-15-9-13(10-16)3-4-14(15)19-11-12-5-7-17-8-6-12/h3-4,9,12H,2,5-8,10-11H2,1H3. The van der Waals surface area contributed by atoms with E-state index in [-0.39, 0.29) is 0 Å². The molecule has 3 nitrogen and oxygen atoms in total. The average molecular weight is 285 g/mol. The van der Waals surface area contributed by atoms with Crippen LogP contribution in [0.25, 0.3) is 0 Å². The van der Waals surface area contributed by atoms with Gasteiger partial charge in [-0.1, -0.05) is 6.07 Å². The van der Waals surface area contributed by atoms with E-state index < -0.39 is 0 Å². The molecule has 1 aliphatic rings. The molecule has 0 saturated carbocycles. The number of hydrogen-bond donors (Lipinski definition) is 0. The van der Waals surface area contributed by atoms with Crippen molar-refractivity contribution in [1.29, 1.82) is 0 Å². The first kappa shape index (κ1) is 14.5. The quantitative estimate of drug-likeness (QED) is 0.747. The maximum atomic E-state index is 5.91. The fourth-order valence-corrected chi connectivity index (χ4v) is 2.31. The first-order chi connectivity index (χ1) is 9.33. The molecule has 0 atom stereocenters. The minimum atomic E-state index is 0.486. The van der Waals surface area contributed by atoms with Crippen LogP contribution in [0.1, 0.15) is 25.3 Å². The first-order valence-corrected chi connectivity index (χ1v) is 7.39. The second-order valence-corrected chi connectivity index (χ2v) is 4.98. The van der Waals surface area contributed by atoms with E-state index >= 15 is 0 Å². The van der Waals surface area contributed by atoms with Gasteiger partial charge in [0.25, 0.3) is 0 Å². The van der Waals surface area contributed by atoms with E-state index in [4.69, 9.17) is 25.8 Å². The van der Waals surface area contributed by atoms with Gasteiger partial charge in [0, 0.05) is 19.1 Å². The SMILES string of the molecule is CCOc1cc(CCl)ccc1OCC1CCOCC1. The third kappa shape index (κ3) is 4.29. The Morgan fingerprint density at radius 1 is 1.21 bits per heavy atom. The summed E-state index contributed by atoms with van der Waals surface area (Å²) in [6.45, 7) is 5.01. The zero-order chi connectivity index (χ0) is 13.5. The summed E-state index contributed by atoms with van der Waals surface area (Å²) in [5, 5.41) is 0. The second-order valence-electron chi connectivity index (χ2n) is 4.71. The van der Waals surface area contributed by atoms with Crippen molar-refractivity contribution in [3.05, 3.63) is 23.8 Å². The van der Waals surface area contributed by atoms with Gasteiger partial charge in [0.15, 0.2) is 11.5 Å². The average Bonchev–Trinajstić information content (AvgIpc) is 2.47. The molecule has 1 fully saturated rings. The number of alkyl halides is 1. The molecular formula is C15H21ClO3. The highest BCUT2D eigenvalue weighted by molar-refractivity contribution is 6.17. The maximum absolute atomic E-state index is 5.91. The summed E-state index contributed by atoms with van der Waals surface area (Å²) < 4.78 is 16.9. The predicted molar refractivity (Wildman–Crippen MR) is 76.2 cm³/mol. The minimum absolute atomic E-state index is 0.486. The highest BCUT2D eigenvalue weighted by Crippen LogP contribution is 2.30. The van der Waals surface area contributed by atoms with Crippen molar-refractivity contribution in [3.63, 3.8) is 0 Å². The van der Waals surface area contributed by atoms with Crippen LogP contribution in [0.15, 0.2) is 18.2 Å². The Hall–Kier alpha value is -0.930. The van der Waals surface area contributed by atoms with Crippen LogP contribution in [0.3, 0.4) is 0 Å². The van der Waals surface area contributed by atoms with Gasteiger partial charge in [-0.05, 0) is 43.4 Å². The van der Waals surface area contributed by atoms with Crippen molar-refractivity contribution in [2.45, 2.75) is 25.6 Å². The van der Waals surface area contributed by atoms with Crippen LogP contribution in [0.4, 0.5) is 0 Å². The van der Waals surface area contributed by atoms with Gasteiger partial charge in [0.1, 0.15) is 0 Å². The molecule has 1 saturated heterocycles. The zero-order valence-corrected chi connectivity index (χ0v) is 12.1. The molecule has 0 N–H and O–H groups in total. The lowest BCUT2D eigenvalue weighted by molar-refractivity contribution is 0.0492. The summed E-state index contributed by atoms with van der Waals surface area (Å²) in [4.78, 5) is 0. The second kappa shape index (κ2) is 7.61. The summed E-state index contributed by atoms with van der Waals surface area (Å²) in [5.74, 6) is 2.66. The highest BCUT2D eigenvalue weighted by atomic mass is 35.5. The zero-order valence-electron chi connectivity index (χ0n) is 11.4. The maximum Gasteiger partial charge on any atom is 0.161 e. The number of hydrogen-bond acceptors (Lipinski definition) is 3. The van der Waals surface area contributed by atoms with Crippen molar-refractivity contribution in [2.75, 3.05) is 26.4 Å². The summed E-state index contributed by atoms with van der Waals surface area (Å²) in [6, 6.07) is 5.88. The van der Waals surface area contributed by atoms with Gasteiger partial charge in [-0.2, -0.15) is 0 Å². The van der Waals surface area contributed by atoms with E-state index in [1.54, 1.807) is 0 Å². The third-order valence-corrected chi connectivity index (χ3v) is 3.59. The Balaban J connectivity index is 1.97. The van der Waals surface area contributed by atoms with E-state index in [0.717, 1.165) is 49.7 Å². The molecular weight excluding hydrogens is 264 g/mol. The van der Waals surface area contributed by atoms with Crippen LogP contribution in [0.2, 0.25) is 0 Å². The van der Waals surface area contributed by atoms with Gasteiger partial charge in [-0.15, -0.1) is 11.6 Å². The Labute approximate surface area is 119 Å². The molecule has 19 heavy (non-hydrogen) atoms. The fourth-order valence-electron chi connectivity index (χ4n) is 2.14. The molecule has 106 valence electrons. The van der Waals surface area contributed by atoms with Crippen LogP contribution in [0.5, 0.6) is 11.5 Å². The number of benzene rings is 1. The molecule has 0 aromatic heterocycles. The van der Waals surface area contributed by atoms with Gasteiger partial charge >= 0.3 is 0 Å². The van der Waals surface area contributed by atoms with Crippen LogP contribution >= 0.6 is 11.6 Å². The van der Waals surface area contributed by atoms with Crippen LogP contribution in [-0.4, -0.2) is 26.4 Å². The lowest BCUT2D eigenvalue weighted by Gasteiger charge is -2.22. The largest absolute Gasteiger partial charge is 0.490 e. The van der Waals surface area contributed by atoms with E-state index in [1.807, 2.05) is 25.1 Å². The molecule has 1 heterocycles. The number of rotatable bonds is 6. The Bertz CT molecular complexity index is 389. The van der Waals surface area contributed by atoms with Crippen LogP contribution < -0.4 is 9.47 Å². The summed E-state index contributed by atoms with van der Waals surface area (Å²) in [5.41, 5.74) is 1.04. The van der Waals surface area contributed by atoms with Gasteiger partial charge in [-0.3, -0.25) is 0 Å². The Morgan fingerprint density at radius 3 is 2.68 bits per heavy atom. The van der Waals surface area contributed by atoms with Crippen LogP contribution in [0, 0.1) is 5.92 Å². The van der Waals surface area contributed by atoms with Crippen molar-refractivity contribution in [1.82, 2.24) is 0 Å². The Kier molecular flexibility index (Phi) is 5.80. The van der Waals surface area contributed by atoms with E-state index in [0.29, 0.717) is 18.4 Å². The summed E-state index contributed by atoms with van der Waals surface area (Å²) in [6.07, 6.45) is 2.15. The number of halogens is 1. The van der Waals surface area contributed by atoms with Crippen molar-refractivity contribution >= 4 is 11.6 Å². The lowest BCUT2D eigenvalue weighted by atomic mass is 10.0. The molecule has 1 aromatic carbocycles. The molecule has 0 aliphatic carbocycles. The van der Waals surface area contributed by atoms with Crippen molar-refractivity contribution in [2.24, 2.45) is 5.92 Å². The fraction of sp³-hybridized carbons (Fsp3) is 0.600. The molecule has 1 aliphatic heterocycles. The monoisotopic (exact) mass is 284 g/mol. The molecule has 1 aromatic rings. The normalized spacial score (nSPS) is 16.3. The smallest absolute Gasteiger partial charge is 0.161 e. The minimum Gasteiger partial charge on any atom is -0.490 e. The van der Waals surface area contributed by atoms with Crippen molar-refractivity contribution < 1.29 is 14.2 Å². The first-order valence-electron chi connectivity index (χ1n) is 6.85. The molecule has 0 amide bonds. The highest BCUT2D eigenvalue weighted by Gasteiger charge is 2.15. The topological polar surface area (TPSA) is 27.7 Å². The molecule has 0 radical (unpaired) electrons. The van der Waals surface area contributed by atoms with Crippen molar-refractivity contribution in [3.8, 4) is 11.5 Å². The Morgan fingerprint density at radius 2 is 2.00 bits per heavy atom. The van der Waals surface area contributed by atoms with Gasteiger partial charge < -0.3 is 14.2 Å². The molecule has 2 rings (SSSR count). The lowest BCUT2D eigenvalue weighted by Crippen LogP contribution is -2.21. The predicted octanol–water partition coefficient (Wildman–Crippen LogP) is 3.63. The van der Waals surface area contributed by atoms with Crippen LogP contribution in [-0.2, 0) is 10.6 Å². The van der Waals surface area contributed by atoms with E-state index in [1.165, 1.54) is 0 Å². The number of ether oxygens (including phenoxy) is 3. The molecule has 0 spiro atoms. The van der Waals surface area contributed by atoms with E-state index in [9.17, 15) is 0 Å². The molecule has 0 bridgehead atoms. The van der Waals surface area contributed by atoms with E-state index in [2.05, 4.69) is 0 Å².